The van der Waals surface area contributed by atoms with E-state index < -0.39 is 0 Å². The van der Waals surface area contributed by atoms with Crippen molar-refractivity contribution in [2.45, 2.75) is 13.0 Å². The first-order valence-electron chi connectivity index (χ1n) is 7.24. The van der Waals surface area contributed by atoms with Crippen molar-refractivity contribution in [1.82, 2.24) is 5.32 Å². The van der Waals surface area contributed by atoms with Gasteiger partial charge in [-0.25, -0.2) is 4.79 Å². The highest BCUT2D eigenvalue weighted by Gasteiger charge is 2.13. The van der Waals surface area contributed by atoms with Crippen molar-refractivity contribution in [3.05, 3.63) is 54.1 Å². The van der Waals surface area contributed by atoms with Crippen molar-refractivity contribution in [3.8, 4) is 11.5 Å². The molecule has 3 rings (SSSR count). The Kier molecular flexibility index (Phi) is 4.14. The average molecular weight is 298 g/mol. The van der Waals surface area contributed by atoms with Gasteiger partial charge in [0.2, 0.25) is 0 Å². The van der Waals surface area contributed by atoms with E-state index in [0.29, 0.717) is 30.4 Å². The predicted molar refractivity (Wildman–Crippen MR) is 84.4 cm³/mol. The average Bonchev–Trinajstić information content (AvgIpc) is 2.55. The van der Waals surface area contributed by atoms with E-state index in [1.165, 1.54) is 0 Å². The fourth-order valence-corrected chi connectivity index (χ4v) is 2.31. The lowest BCUT2D eigenvalue weighted by Crippen LogP contribution is -2.31. The SMILES string of the molecule is CC(NC(=O)Nc1ccc2c(c1)OCCO2)c1ccccc1. The van der Waals surface area contributed by atoms with Gasteiger partial charge in [0, 0.05) is 11.8 Å². The number of nitrogens with one attached hydrogen (secondary N) is 2. The maximum Gasteiger partial charge on any atom is 0.319 e. The van der Waals surface area contributed by atoms with E-state index in [-0.39, 0.29) is 12.1 Å². The summed E-state index contributed by atoms with van der Waals surface area (Å²) in [6.07, 6.45) is 0. The summed E-state index contributed by atoms with van der Waals surface area (Å²) in [5, 5.41) is 5.71. The molecular formula is C17H18N2O3. The van der Waals surface area contributed by atoms with Crippen LogP contribution in [0.3, 0.4) is 0 Å². The Hall–Kier alpha value is -2.69. The van der Waals surface area contributed by atoms with Gasteiger partial charge in [0.1, 0.15) is 13.2 Å². The summed E-state index contributed by atoms with van der Waals surface area (Å²) in [6.45, 7) is 3.02. The minimum absolute atomic E-state index is 0.0709. The predicted octanol–water partition coefficient (Wildman–Crippen LogP) is 3.34. The summed E-state index contributed by atoms with van der Waals surface area (Å²) in [7, 11) is 0. The molecule has 2 aromatic rings. The highest BCUT2D eigenvalue weighted by Crippen LogP contribution is 2.32. The quantitative estimate of drug-likeness (QED) is 0.913. The van der Waals surface area contributed by atoms with Crippen molar-refractivity contribution >= 4 is 11.7 Å². The normalized spacial score (nSPS) is 14.0. The maximum atomic E-state index is 12.1. The zero-order valence-corrected chi connectivity index (χ0v) is 12.3. The molecule has 5 heteroatoms. The Labute approximate surface area is 129 Å². The number of urea groups is 1. The Morgan fingerprint density at radius 3 is 2.55 bits per heavy atom. The molecule has 0 bridgehead atoms. The van der Waals surface area contributed by atoms with E-state index in [1.54, 1.807) is 18.2 Å². The fraction of sp³-hybridized carbons (Fsp3) is 0.235. The molecule has 2 aromatic carbocycles. The maximum absolute atomic E-state index is 12.1. The molecule has 0 radical (unpaired) electrons. The Bertz CT molecular complexity index is 658. The smallest absolute Gasteiger partial charge is 0.319 e. The molecule has 0 saturated carbocycles. The molecular weight excluding hydrogens is 280 g/mol. The van der Waals surface area contributed by atoms with Gasteiger partial charge in [-0.15, -0.1) is 0 Å². The second-order valence-electron chi connectivity index (χ2n) is 5.09. The van der Waals surface area contributed by atoms with Crippen molar-refractivity contribution in [1.29, 1.82) is 0 Å². The van der Waals surface area contributed by atoms with Gasteiger partial charge >= 0.3 is 6.03 Å². The molecule has 2 N–H and O–H groups in total. The third-order valence-electron chi connectivity index (χ3n) is 3.45. The Morgan fingerprint density at radius 2 is 1.77 bits per heavy atom. The topological polar surface area (TPSA) is 59.6 Å². The van der Waals surface area contributed by atoms with Crippen LogP contribution < -0.4 is 20.1 Å². The second-order valence-corrected chi connectivity index (χ2v) is 5.09. The van der Waals surface area contributed by atoms with Crippen LogP contribution in [0.2, 0.25) is 0 Å². The number of amides is 2. The van der Waals surface area contributed by atoms with Gasteiger partial charge in [-0.3, -0.25) is 0 Å². The molecule has 0 aliphatic carbocycles. The van der Waals surface area contributed by atoms with Crippen LogP contribution in [0, 0.1) is 0 Å². The molecule has 5 nitrogen and oxygen atoms in total. The number of carbonyl (C=O) groups excluding carboxylic acids is 1. The summed E-state index contributed by atoms with van der Waals surface area (Å²) < 4.78 is 11.0. The fourth-order valence-electron chi connectivity index (χ4n) is 2.31. The summed E-state index contributed by atoms with van der Waals surface area (Å²) >= 11 is 0. The molecule has 0 spiro atoms. The number of benzene rings is 2. The van der Waals surface area contributed by atoms with Gasteiger partial charge in [-0.1, -0.05) is 30.3 Å². The summed E-state index contributed by atoms with van der Waals surface area (Å²) in [6, 6.07) is 14.8. The first kappa shape index (κ1) is 14.3. The summed E-state index contributed by atoms with van der Waals surface area (Å²) in [5.41, 5.74) is 1.72. The number of fused-ring (bicyclic) bond motifs is 1. The minimum atomic E-state index is -0.256. The van der Waals surface area contributed by atoms with E-state index in [9.17, 15) is 4.79 Å². The van der Waals surface area contributed by atoms with Gasteiger partial charge < -0.3 is 20.1 Å². The van der Waals surface area contributed by atoms with Crippen LogP contribution in [-0.2, 0) is 0 Å². The van der Waals surface area contributed by atoms with Gasteiger partial charge in [0.05, 0.1) is 6.04 Å². The van der Waals surface area contributed by atoms with E-state index >= 15 is 0 Å². The molecule has 1 aliphatic heterocycles. The number of hydrogen-bond acceptors (Lipinski definition) is 3. The van der Waals surface area contributed by atoms with Crippen LogP contribution in [0.1, 0.15) is 18.5 Å². The Balaban J connectivity index is 1.62. The lowest BCUT2D eigenvalue weighted by Gasteiger charge is -2.19. The molecule has 1 aliphatic rings. The summed E-state index contributed by atoms with van der Waals surface area (Å²) in [4.78, 5) is 12.1. The van der Waals surface area contributed by atoms with Crippen LogP contribution in [0.5, 0.6) is 11.5 Å². The van der Waals surface area contributed by atoms with E-state index in [2.05, 4.69) is 10.6 Å². The van der Waals surface area contributed by atoms with Crippen molar-refractivity contribution in [2.24, 2.45) is 0 Å². The standard InChI is InChI=1S/C17H18N2O3/c1-12(13-5-3-2-4-6-13)18-17(20)19-14-7-8-15-16(11-14)22-10-9-21-15/h2-8,11-12H,9-10H2,1H3,(H2,18,19,20). The highest BCUT2D eigenvalue weighted by atomic mass is 16.6. The van der Waals surface area contributed by atoms with Crippen molar-refractivity contribution in [3.63, 3.8) is 0 Å². The van der Waals surface area contributed by atoms with Crippen LogP contribution in [-0.4, -0.2) is 19.2 Å². The molecule has 0 aromatic heterocycles. The highest BCUT2D eigenvalue weighted by molar-refractivity contribution is 5.89. The van der Waals surface area contributed by atoms with E-state index in [1.807, 2.05) is 37.3 Å². The molecule has 1 atom stereocenters. The minimum Gasteiger partial charge on any atom is -0.486 e. The lowest BCUT2D eigenvalue weighted by atomic mass is 10.1. The lowest BCUT2D eigenvalue weighted by molar-refractivity contribution is 0.171. The zero-order valence-electron chi connectivity index (χ0n) is 12.3. The number of anilines is 1. The zero-order chi connectivity index (χ0) is 15.4. The second kappa shape index (κ2) is 6.39. The largest absolute Gasteiger partial charge is 0.486 e. The van der Waals surface area contributed by atoms with Crippen LogP contribution in [0.4, 0.5) is 10.5 Å². The number of hydrogen-bond donors (Lipinski definition) is 2. The Morgan fingerprint density at radius 1 is 1.05 bits per heavy atom. The number of carbonyl (C=O) groups is 1. The molecule has 114 valence electrons. The first-order chi connectivity index (χ1) is 10.7. The summed E-state index contributed by atoms with van der Waals surface area (Å²) in [5.74, 6) is 1.36. The van der Waals surface area contributed by atoms with Crippen LogP contribution >= 0.6 is 0 Å². The molecule has 0 saturated heterocycles. The van der Waals surface area contributed by atoms with E-state index in [0.717, 1.165) is 5.56 Å². The van der Waals surface area contributed by atoms with E-state index in [4.69, 9.17) is 9.47 Å². The van der Waals surface area contributed by atoms with Crippen molar-refractivity contribution < 1.29 is 14.3 Å². The van der Waals surface area contributed by atoms with Crippen molar-refractivity contribution in [2.75, 3.05) is 18.5 Å². The molecule has 1 unspecified atom stereocenters. The molecule has 0 fully saturated rings. The number of ether oxygens (including phenoxy) is 2. The molecule has 2 amide bonds. The van der Waals surface area contributed by atoms with Gasteiger partial charge in [0.15, 0.2) is 11.5 Å². The monoisotopic (exact) mass is 298 g/mol. The van der Waals surface area contributed by atoms with Crippen LogP contribution in [0.15, 0.2) is 48.5 Å². The third-order valence-corrected chi connectivity index (χ3v) is 3.45. The third kappa shape index (κ3) is 3.31. The van der Waals surface area contributed by atoms with Gasteiger partial charge in [0.25, 0.3) is 0 Å². The molecule has 1 heterocycles. The first-order valence-corrected chi connectivity index (χ1v) is 7.24. The molecule has 22 heavy (non-hydrogen) atoms. The van der Waals surface area contributed by atoms with Crippen LogP contribution in [0.25, 0.3) is 0 Å². The van der Waals surface area contributed by atoms with Gasteiger partial charge in [-0.05, 0) is 24.6 Å². The number of rotatable bonds is 3. The van der Waals surface area contributed by atoms with Gasteiger partial charge in [-0.2, -0.15) is 0 Å².